The van der Waals surface area contributed by atoms with Crippen LogP contribution >= 0.6 is 0 Å². The van der Waals surface area contributed by atoms with Gasteiger partial charge in [0.15, 0.2) is 0 Å². The summed E-state index contributed by atoms with van der Waals surface area (Å²) in [5, 5.41) is 3.58. The van der Waals surface area contributed by atoms with E-state index in [-0.39, 0.29) is 18.4 Å². The van der Waals surface area contributed by atoms with E-state index in [1.807, 2.05) is 34.6 Å². The fourth-order valence-corrected chi connectivity index (χ4v) is 3.41. The Morgan fingerprint density at radius 3 is 2.79 bits per heavy atom. The van der Waals surface area contributed by atoms with Crippen molar-refractivity contribution in [3.05, 3.63) is 39.5 Å². The third-order valence-corrected chi connectivity index (χ3v) is 5.53. The first-order chi connectivity index (χ1) is 11.1. The van der Waals surface area contributed by atoms with Crippen LogP contribution in [0.2, 0.25) is 0 Å². The molecular formula is C16H23FN4O2S. The van der Waals surface area contributed by atoms with Crippen molar-refractivity contribution >= 4 is 11.4 Å². The lowest BCUT2D eigenvalue weighted by Gasteiger charge is -2.27. The molecule has 1 aliphatic heterocycles. The van der Waals surface area contributed by atoms with Crippen LogP contribution in [0.25, 0.3) is 10.4 Å². The standard InChI is InChI=1S/C16H23FN4O2S/c1-10(20-24(22)15(2,3)4)13-7-12(17)6-11-8-16(5,9-19-21-18)23-14(11)13/h6-7,10,20H,8-9H2,1-5H3/t10?,16-,24?/m1/s1. The average molecular weight is 354 g/mol. The molecule has 1 heterocycles. The zero-order chi connectivity index (χ0) is 18.1. The minimum absolute atomic E-state index is 0.162. The van der Waals surface area contributed by atoms with Crippen LogP contribution in [0.5, 0.6) is 5.75 Å². The van der Waals surface area contributed by atoms with E-state index in [0.717, 1.165) is 5.56 Å². The number of ether oxygens (including phenoxy) is 1. The average Bonchev–Trinajstić information content (AvgIpc) is 2.79. The minimum atomic E-state index is -1.29. The second kappa shape index (κ2) is 6.80. The predicted octanol–water partition coefficient (Wildman–Crippen LogP) is 3.94. The van der Waals surface area contributed by atoms with Crippen molar-refractivity contribution in [2.45, 2.75) is 57.4 Å². The molecule has 0 saturated carbocycles. The summed E-state index contributed by atoms with van der Waals surface area (Å²) in [5.74, 6) is 0.216. The molecule has 0 aromatic heterocycles. The van der Waals surface area contributed by atoms with E-state index in [1.165, 1.54) is 12.1 Å². The van der Waals surface area contributed by atoms with Gasteiger partial charge >= 0.3 is 0 Å². The van der Waals surface area contributed by atoms with Crippen LogP contribution < -0.4 is 9.46 Å². The molecule has 1 aromatic rings. The first-order valence-electron chi connectivity index (χ1n) is 7.76. The molecular weight excluding hydrogens is 331 g/mol. The maximum Gasteiger partial charge on any atom is 0.136 e. The molecule has 2 rings (SSSR count). The van der Waals surface area contributed by atoms with Crippen LogP contribution in [0, 0.1) is 5.82 Å². The summed E-state index contributed by atoms with van der Waals surface area (Å²) in [7, 11) is 0. The Kier molecular flexibility index (Phi) is 5.34. The molecule has 0 spiro atoms. The van der Waals surface area contributed by atoms with Crippen LogP contribution in [0.3, 0.4) is 0 Å². The van der Waals surface area contributed by atoms with E-state index in [0.29, 0.717) is 17.7 Å². The number of hydrogen-bond acceptors (Lipinski definition) is 4. The predicted molar refractivity (Wildman–Crippen MR) is 92.6 cm³/mol. The molecule has 132 valence electrons. The third-order valence-electron chi connectivity index (χ3n) is 3.85. The quantitative estimate of drug-likeness (QED) is 0.375. The number of nitrogens with zero attached hydrogens (tertiary/aromatic N) is 3. The lowest BCUT2D eigenvalue weighted by atomic mass is 9.97. The first-order valence-corrected chi connectivity index (χ1v) is 8.91. The second-order valence-corrected chi connectivity index (χ2v) is 9.32. The van der Waals surface area contributed by atoms with Crippen molar-refractivity contribution in [3.8, 4) is 5.75 Å². The van der Waals surface area contributed by atoms with E-state index in [4.69, 9.17) is 10.3 Å². The zero-order valence-electron chi connectivity index (χ0n) is 14.6. The summed E-state index contributed by atoms with van der Waals surface area (Å²) in [6.07, 6.45) is 0.460. The van der Waals surface area contributed by atoms with Gasteiger partial charge in [0.2, 0.25) is 0 Å². The van der Waals surface area contributed by atoms with Gasteiger partial charge in [-0.1, -0.05) is 5.11 Å². The van der Waals surface area contributed by atoms with E-state index in [9.17, 15) is 8.94 Å². The van der Waals surface area contributed by atoms with Gasteiger partial charge in [-0.2, -0.15) is 0 Å². The van der Waals surface area contributed by atoms with Crippen LogP contribution in [0.1, 0.15) is 51.8 Å². The highest BCUT2D eigenvalue weighted by Crippen LogP contribution is 2.41. The van der Waals surface area contributed by atoms with Gasteiger partial charge in [-0.05, 0) is 52.3 Å². The maximum absolute atomic E-state index is 14.0. The SMILES string of the molecule is CC(N[S+]([O-])C(C)(C)C)c1cc(F)cc2c1O[C@@](C)(CN=[N+]=[N-])C2. The van der Waals surface area contributed by atoms with E-state index >= 15 is 0 Å². The highest BCUT2D eigenvalue weighted by molar-refractivity contribution is 7.90. The van der Waals surface area contributed by atoms with Gasteiger partial charge in [0, 0.05) is 33.8 Å². The van der Waals surface area contributed by atoms with Crippen LogP contribution in [-0.2, 0) is 17.8 Å². The normalized spacial score (nSPS) is 22.3. The van der Waals surface area contributed by atoms with Crippen molar-refractivity contribution in [3.63, 3.8) is 0 Å². The van der Waals surface area contributed by atoms with Crippen LogP contribution in [0.15, 0.2) is 17.2 Å². The van der Waals surface area contributed by atoms with E-state index < -0.39 is 21.7 Å². The van der Waals surface area contributed by atoms with Crippen molar-refractivity contribution in [1.29, 1.82) is 0 Å². The number of azide groups is 1. The van der Waals surface area contributed by atoms with Crippen molar-refractivity contribution < 1.29 is 13.7 Å². The molecule has 0 fully saturated rings. The highest BCUT2D eigenvalue weighted by atomic mass is 32.2. The summed E-state index contributed by atoms with van der Waals surface area (Å²) < 4.78 is 34.9. The molecule has 2 unspecified atom stereocenters. The third kappa shape index (κ3) is 4.13. The number of benzene rings is 1. The Balaban J connectivity index is 2.30. The summed E-state index contributed by atoms with van der Waals surface area (Å²) in [5.41, 5.74) is 9.17. The molecule has 0 aliphatic carbocycles. The van der Waals surface area contributed by atoms with Gasteiger partial charge in [-0.25, -0.2) is 4.39 Å². The summed E-state index contributed by atoms with van der Waals surface area (Å²) in [4.78, 5) is 2.77. The van der Waals surface area contributed by atoms with Gasteiger partial charge in [-0.3, -0.25) is 0 Å². The lowest BCUT2D eigenvalue weighted by molar-refractivity contribution is 0.124. The summed E-state index contributed by atoms with van der Waals surface area (Å²) >= 11 is -1.29. The fourth-order valence-electron chi connectivity index (χ4n) is 2.61. The Labute approximate surface area is 144 Å². The van der Waals surface area contributed by atoms with Crippen LogP contribution in [0.4, 0.5) is 4.39 Å². The van der Waals surface area contributed by atoms with Gasteiger partial charge in [0.05, 0.1) is 12.6 Å². The number of fused-ring (bicyclic) bond motifs is 1. The molecule has 6 nitrogen and oxygen atoms in total. The summed E-state index contributed by atoms with van der Waals surface area (Å²) in [6.45, 7) is 9.42. The van der Waals surface area contributed by atoms with E-state index in [2.05, 4.69) is 14.7 Å². The van der Waals surface area contributed by atoms with Crippen molar-refractivity contribution in [2.24, 2.45) is 5.11 Å². The van der Waals surface area contributed by atoms with Gasteiger partial charge < -0.3 is 9.29 Å². The molecule has 3 atom stereocenters. The molecule has 0 saturated heterocycles. The molecule has 0 bridgehead atoms. The monoisotopic (exact) mass is 354 g/mol. The number of rotatable bonds is 5. The van der Waals surface area contributed by atoms with Gasteiger partial charge in [-0.15, -0.1) is 4.72 Å². The second-order valence-electron chi connectivity index (χ2n) is 7.32. The topological polar surface area (TPSA) is 93.1 Å². The van der Waals surface area contributed by atoms with Crippen LogP contribution in [-0.4, -0.2) is 21.4 Å². The smallest absolute Gasteiger partial charge is 0.136 e. The lowest BCUT2D eigenvalue weighted by Crippen LogP contribution is -2.40. The number of halogens is 1. The van der Waals surface area contributed by atoms with E-state index in [1.54, 1.807) is 0 Å². The maximum atomic E-state index is 14.0. The highest BCUT2D eigenvalue weighted by Gasteiger charge is 2.38. The molecule has 0 amide bonds. The zero-order valence-corrected chi connectivity index (χ0v) is 15.4. The first kappa shape index (κ1) is 18.9. The minimum Gasteiger partial charge on any atom is -0.598 e. The Morgan fingerprint density at radius 2 is 2.21 bits per heavy atom. The summed E-state index contributed by atoms with van der Waals surface area (Å²) in [6, 6.07) is 2.49. The Morgan fingerprint density at radius 1 is 1.54 bits per heavy atom. The van der Waals surface area contributed by atoms with Gasteiger partial charge in [0.25, 0.3) is 0 Å². The molecule has 1 N–H and O–H groups in total. The number of nitrogens with one attached hydrogen (secondary N) is 1. The van der Waals surface area contributed by atoms with Gasteiger partial charge in [0.1, 0.15) is 21.9 Å². The number of hydrogen-bond donors (Lipinski definition) is 1. The Bertz CT molecular complexity index is 673. The molecule has 0 radical (unpaired) electrons. The Hall–Kier alpha value is -1.47. The molecule has 24 heavy (non-hydrogen) atoms. The molecule has 1 aliphatic rings. The largest absolute Gasteiger partial charge is 0.598 e. The molecule has 1 aromatic carbocycles. The van der Waals surface area contributed by atoms with Crippen molar-refractivity contribution in [1.82, 2.24) is 4.72 Å². The fraction of sp³-hybridized carbons (Fsp3) is 0.625. The van der Waals surface area contributed by atoms with Crippen molar-refractivity contribution in [2.75, 3.05) is 6.54 Å². The molecule has 8 heteroatoms.